The second-order valence-electron chi connectivity index (χ2n) is 4.28. The van der Waals surface area contributed by atoms with E-state index in [1.165, 1.54) is 0 Å². The zero-order valence-corrected chi connectivity index (χ0v) is 10.6. The van der Waals surface area contributed by atoms with Crippen molar-refractivity contribution in [3.05, 3.63) is 29.8 Å². The van der Waals surface area contributed by atoms with Gasteiger partial charge in [0.05, 0.1) is 18.8 Å². The van der Waals surface area contributed by atoms with Crippen molar-refractivity contribution in [2.45, 2.75) is 25.9 Å². The van der Waals surface area contributed by atoms with E-state index in [2.05, 4.69) is 6.92 Å². The molecule has 1 fully saturated rings. The molecular weight excluding hydrogens is 232 g/mol. The molecule has 1 aliphatic heterocycles. The lowest BCUT2D eigenvalue weighted by molar-refractivity contribution is 0.0499. The van der Waals surface area contributed by atoms with Crippen LogP contribution in [0.3, 0.4) is 0 Å². The molecule has 0 aliphatic carbocycles. The predicted molar refractivity (Wildman–Crippen MR) is 66.9 cm³/mol. The molecule has 0 N–H and O–H groups in total. The Hall–Kier alpha value is -1.55. The van der Waals surface area contributed by atoms with Crippen LogP contribution in [0.1, 0.15) is 30.1 Å². The Balaban J connectivity index is 1.79. The summed E-state index contributed by atoms with van der Waals surface area (Å²) in [5, 5.41) is 0. The van der Waals surface area contributed by atoms with Gasteiger partial charge in [-0.1, -0.05) is 13.3 Å². The van der Waals surface area contributed by atoms with Gasteiger partial charge in [0, 0.05) is 0 Å². The first kappa shape index (κ1) is 12.9. The zero-order valence-electron chi connectivity index (χ0n) is 10.6. The summed E-state index contributed by atoms with van der Waals surface area (Å²) in [6.45, 7) is 3.89. The van der Waals surface area contributed by atoms with E-state index in [9.17, 15) is 4.79 Å². The first-order chi connectivity index (χ1) is 8.79. The Labute approximate surface area is 107 Å². The van der Waals surface area contributed by atoms with Gasteiger partial charge < -0.3 is 14.2 Å². The number of carbonyl (C=O) groups excluding carboxylic acids is 1. The number of epoxide rings is 1. The van der Waals surface area contributed by atoms with Crippen LogP contribution in [0.4, 0.5) is 0 Å². The highest BCUT2D eigenvalue weighted by atomic mass is 16.6. The summed E-state index contributed by atoms with van der Waals surface area (Å²) in [5.41, 5.74) is 0.557. The summed E-state index contributed by atoms with van der Waals surface area (Å²) < 4.78 is 15.7. The molecule has 1 unspecified atom stereocenters. The Morgan fingerprint density at radius 3 is 2.72 bits per heavy atom. The molecule has 2 rings (SSSR count). The monoisotopic (exact) mass is 250 g/mol. The summed E-state index contributed by atoms with van der Waals surface area (Å²) in [7, 11) is 0. The van der Waals surface area contributed by atoms with Crippen LogP contribution in [-0.4, -0.2) is 31.9 Å². The maximum absolute atomic E-state index is 11.6. The van der Waals surface area contributed by atoms with Crippen molar-refractivity contribution in [3.8, 4) is 5.75 Å². The highest BCUT2D eigenvalue weighted by Gasteiger charge is 2.23. The van der Waals surface area contributed by atoms with Crippen molar-refractivity contribution in [2.75, 3.05) is 19.8 Å². The van der Waals surface area contributed by atoms with Crippen molar-refractivity contribution >= 4 is 5.97 Å². The van der Waals surface area contributed by atoms with Gasteiger partial charge in [-0.05, 0) is 30.7 Å². The second kappa shape index (κ2) is 6.40. The molecule has 4 nitrogen and oxygen atoms in total. The average molecular weight is 250 g/mol. The first-order valence-electron chi connectivity index (χ1n) is 6.31. The van der Waals surface area contributed by atoms with E-state index in [0.29, 0.717) is 18.8 Å². The van der Waals surface area contributed by atoms with Crippen molar-refractivity contribution in [2.24, 2.45) is 0 Å². The topological polar surface area (TPSA) is 48.1 Å². The number of rotatable bonds is 7. The summed E-state index contributed by atoms with van der Waals surface area (Å²) in [5.74, 6) is 0.469. The van der Waals surface area contributed by atoms with Crippen LogP contribution in [0.15, 0.2) is 24.3 Å². The molecule has 98 valence electrons. The van der Waals surface area contributed by atoms with E-state index in [1.807, 2.05) is 0 Å². The molecule has 1 aromatic rings. The quantitative estimate of drug-likeness (QED) is 0.423. The summed E-state index contributed by atoms with van der Waals surface area (Å²) in [6, 6.07) is 6.99. The normalized spacial score (nSPS) is 17.3. The third-order valence-electron chi connectivity index (χ3n) is 2.66. The molecule has 1 heterocycles. The lowest BCUT2D eigenvalue weighted by Crippen LogP contribution is -2.07. The smallest absolute Gasteiger partial charge is 0.338 e. The highest BCUT2D eigenvalue weighted by molar-refractivity contribution is 5.89. The van der Waals surface area contributed by atoms with Crippen LogP contribution < -0.4 is 4.74 Å². The number of unbranched alkanes of at least 4 members (excludes halogenated alkanes) is 1. The van der Waals surface area contributed by atoms with Crippen LogP contribution in [0.2, 0.25) is 0 Å². The molecule has 18 heavy (non-hydrogen) atoms. The third kappa shape index (κ3) is 4.04. The van der Waals surface area contributed by atoms with Crippen molar-refractivity contribution in [3.63, 3.8) is 0 Å². The Morgan fingerprint density at radius 1 is 1.39 bits per heavy atom. The standard InChI is InChI=1S/C14H18O4/c1-2-3-8-16-14(15)11-4-6-12(7-5-11)17-9-13-10-18-13/h4-7,13H,2-3,8-10H2,1H3. The van der Waals surface area contributed by atoms with Crippen LogP contribution in [-0.2, 0) is 9.47 Å². The number of benzene rings is 1. The van der Waals surface area contributed by atoms with Crippen LogP contribution in [0.25, 0.3) is 0 Å². The van der Waals surface area contributed by atoms with Crippen LogP contribution in [0, 0.1) is 0 Å². The minimum Gasteiger partial charge on any atom is -0.491 e. The van der Waals surface area contributed by atoms with Gasteiger partial charge in [0.15, 0.2) is 0 Å². The van der Waals surface area contributed by atoms with Gasteiger partial charge in [-0.15, -0.1) is 0 Å². The number of hydrogen-bond acceptors (Lipinski definition) is 4. The van der Waals surface area contributed by atoms with E-state index < -0.39 is 0 Å². The van der Waals surface area contributed by atoms with Crippen molar-refractivity contribution in [1.82, 2.24) is 0 Å². The number of hydrogen-bond donors (Lipinski definition) is 0. The molecular formula is C14H18O4. The molecule has 0 amide bonds. The highest BCUT2D eigenvalue weighted by Crippen LogP contribution is 2.16. The fourth-order valence-corrected chi connectivity index (χ4v) is 1.43. The minimum atomic E-state index is -0.277. The van der Waals surface area contributed by atoms with Gasteiger partial charge in [-0.25, -0.2) is 4.79 Å². The van der Waals surface area contributed by atoms with Crippen LogP contribution >= 0.6 is 0 Å². The number of esters is 1. The molecule has 4 heteroatoms. The van der Waals surface area contributed by atoms with Gasteiger partial charge in [-0.3, -0.25) is 0 Å². The lowest BCUT2D eigenvalue weighted by Gasteiger charge is -2.06. The molecule has 1 atom stereocenters. The summed E-state index contributed by atoms with van der Waals surface area (Å²) in [4.78, 5) is 11.6. The van der Waals surface area contributed by atoms with E-state index in [4.69, 9.17) is 14.2 Å². The largest absolute Gasteiger partial charge is 0.491 e. The molecule has 0 spiro atoms. The van der Waals surface area contributed by atoms with Gasteiger partial charge in [0.25, 0.3) is 0 Å². The fourth-order valence-electron chi connectivity index (χ4n) is 1.43. The van der Waals surface area contributed by atoms with Gasteiger partial charge >= 0.3 is 5.97 Å². The molecule has 1 saturated heterocycles. The molecule has 0 bridgehead atoms. The molecule has 0 radical (unpaired) electrons. The molecule has 0 aromatic heterocycles. The van der Waals surface area contributed by atoms with Crippen molar-refractivity contribution < 1.29 is 19.0 Å². The molecule has 0 saturated carbocycles. The van der Waals surface area contributed by atoms with Gasteiger partial charge in [0.2, 0.25) is 0 Å². The van der Waals surface area contributed by atoms with Gasteiger partial charge in [-0.2, -0.15) is 0 Å². The molecule has 1 aliphatic rings. The molecule has 1 aromatic carbocycles. The SMILES string of the molecule is CCCCOC(=O)c1ccc(OCC2CO2)cc1. The van der Waals surface area contributed by atoms with E-state index in [0.717, 1.165) is 25.2 Å². The number of carbonyl (C=O) groups is 1. The van der Waals surface area contributed by atoms with E-state index in [1.54, 1.807) is 24.3 Å². The minimum absolute atomic E-state index is 0.240. The van der Waals surface area contributed by atoms with E-state index in [-0.39, 0.29) is 12.1 Å². The van der Waals surface area contributed by atoms with Crippen molar-refractivity contribution in [1.29, 1.82) is 0 Å². The summed E-state index contributed by atoms with van der Waals surface area (Å²) in [6.07, 6.45) is 2.15. The fraction of sp³-hybridized carbons (Fsp3) is 0.500. The number of ether oxygens (including phenoxy) is 3. The second-order valence-corrected chi connectivity index (χ2v) is 4.28. The Kier molecular flexibility index (Phi) is 4.59. The maximum Gasteiger partial charge on any atom is 0.338 e. The van der Waals surface area contributed by atoms with E-state index >= 15 is 0 Å². The average Bonchev–Trinajstić information content (AvgIpc) is 3.21. The third-order valence-corrected chi connectivity index (χ3v) is 2.66. The summed E-state index contributed by atoms with van der Waals surface area (Å²) >= 11 is 0. The van der Waals surface area contributed by atoms with Gasteiger partial charge in [0.1, 0.15) is 18.5 Å². The Morgan fingerprint density at radius 2 is 2.11 bits per heavy atom. The zero-order chi connectivity index (χ0) is 12.8. The first-order valence-corrected chi connectivity index (χ1v) is 6.31. The predicted octanol–water partition coefficient (Wildman–Crippen LogP) is 2.42. The van der Waals surface area contributed by atoms with Crippen LogP contribution in [0.5, 0.6) is 5.75 Å². The maximum atomic E-state index is 11.6. The lowest BCUT2D eigenvalue weighted by atomic mass is 10.2. The Bertz CT molecular complexity index is 381.